The monoisotopic (exact) mass is 403 g/mol. The van der Waals surface area contributed by atoms with Crippen LogP contribution in [0.15, 0.2) is 42.6 Å². The zero-order valence-corrected chi connectivity index (χ0v) is 11.5. The van der Waals surface area contributed by atoms with Crippen LogP contribution in [0.5, 0.6) is 0 Å². The summed E-state index contributed by atoms with van der Waals surface area (Å²) >= 11 is 0. The number of fused-ring (bicyclic) bond motifs is 1. The summed E-state index contributed by atoms with van der Waals surface area (Å²) in [5.41, 5.74) is 1.87. The number of rotatable bonds is 1. The predicted molar refractivity (Wildman–Crippen MR) is 62.8 cm³/mol. The van der Waals surface area contributed by atoms with Crippen LogP contribution < -0.4 is 0 Å². The van der Waals surface area contributed by atoms with Gasteiger partial charge in [-0.2, -0.15) is 9.90 Å². The molecule has 0 unspecified atom stereocenters. The van der Waals surface area contributed by atoms with Crippen LogP contribution in [-0.4, -0.2) is 15.0 Å². The quantitative estimate of drug-likeness (QED) is 0.585. The molecule has 0 spiro atoms. The molecule has 0 radical (unpaired) electrons. The summed E-state index contributed by atoms with van der Waals surface area (Å²) in [6, 6.07) is 15.4. The summed E-state index contributed by atoms with van der Waals surface area (Å²) in [5, 5.41) is 10.7. The molecule has 3 rings (SSSR count). The van der Waals surface area contributed by atoms with E-state index in [1.54, 1.807) is 11.0 Å². The van der Waals surface area contributed by atoms with E-state index in [2.05, 4.69) is 34.5 Å². The maximum Gasteiger partial charge on any atom is 0.0486 e. The summed E-state index contributed by atoms with van der Waals surface area (Å²) < 4.78 is 0. The minimum atomic E-state index is 0. The molecule has 0 atom stereocenters. The smallest absolute Gasteiger partial charge is 0.0486 e. The molecule has 1 heterocycles. The third kappa shape index (κ3) is 2.16. The number of aromatic nitrogens is 3. The number of benzene rings is 2. The van der Waals surface area contributed by atoms with E-state index >= 15 is 0 Å². The van der Waals surface area contributed by atoms with Gasteiger partial charge in [0.2, 0.25) is 0 Å². The van der Waals surface area contributed by atoms with Crippen molar-refractivity contribution in [2.24, 2.45) is 7.05 Å². The van der Waals surface area contributed by atoms with E-state index in [1.165, 1.54) is 5.39 Å². The molecule has 3 aromatic rings. The standard InChI is InChI=1S/C13H10N3.Pt/c1-16-14-9-13(15-16)12-8-4-6-10-5-2-3-7-11(10)12;/h2-7,9H,1H3;/q-1;. The molecule has 0 aliphatic heterocycles. The van der Waals surface area contributed by atoms with Gasteiger partial charge in [0.1, 0.15) is 0 Å². The Kier molecular flexibility index (Phi) is 3.39. The van der Waals surface area contributed by atoms with Crippen LogP contribution in [0, 0.1) is 6.07 Å². The van der Waals surface area contributed by atoms with Crippen LogP contribution in [0.3, 0.4) is 0 Å². The second-order valence-electron chi connectivity index (χ2n) is 3.66. The molecule has 0 saturated carbocycles. The van der Waals surface area contributed by atoms with Gasteiger partial charge in [-0.1, -0.05) is 29.7 Å². The Morgan fingerprint density at radius 1 is 1.18 bits per heavy atom. The van der Waals surface area contributed by atoms with Crippen molar-refractivity contribution >= 4 is 10.8 Å². The maximum absolute atomic E-state index is 4.31. The fourth-order valence-corrected chi connectivity index (χ4v) is 1.83. The number of hydrogen-bond donors (Lipinski definition) is 0. The van der Waals surface area contributed by atoms with E-state index in [9.17, 15) is 0 Å². The van der Waals surface area contributed by atoms with E-state index in [0.29, 0.717) is 0 Å². The Morgan fingerprint density at radius 3 is 2.76 bits per heavy atom. The van der Waals surface area contributed by atoms with Gasteiger partial charge in [0, 0.05) is 40.0 Å². The molecule has 0 aliphatic carbocycles. The van der Waals surface area contributed by atoms with E-state index in [-0.39, 0.29) is 21.1 Å². The molecule has 17 heavy (non-hydrogen) atoms. The van der Waals surface area contributed by atoms with E-state index < -0.39 is 0 Å². The van der Waals surface area contributed by atoms with Gasteiger partial charge in [-0.3, -0.25) is 0 Å². The summed E-state index contributed by atoms with van der Waals surface area (Å²) in [7, 11) is 1.81. The van der Waals surface area contributed by atoms with Crippen LogP contribution in [0.25, 0.3) is 22.0 Å². The molecular formula is C13H10N3Pt-. The minimum absolute atomic E-state index is 0. The predicted octanol–water partition coefficient (Wildman–Crippen LogP) is 2.43. The average Bonchev–Trinajstić information content (AvgIpc) is 2.75. The molecule has 0 saturated heterocycles. The van der Waals surface area contributed by atoms with Crippen molar-refractivity contribution in [1.82, 2.24) is 15.0 Å². The first-order valence-electron chi connectivity index (χ1n) is 5.11. The van der Waals surface area contributed by atoms with Gasteiger partial charge in [-0.25, -0.2) is 5.10 Å². The third-order valence-electron chi connectivity index (χ3n) is 2.58. The second kappa shape index (κ2) is 4.80. The zero-order valence-electron chi connectivity index (χ0n) is 9.20. The molecular weight excluding hydrogens is 393 g/mol. The van der Waals surface area contributed by atoms with Crippen LogP contribution in [-0.2, 0) is 28.1 Å². The summed E-state index contributed by atoms with van der Waals surface area (Å²) in [4.78, 5) is 1.56. The van der Waals surface area contributed by atoms with E-state index in [0.717, 1.165) is 16.6 Å². The minimum Gasteiger partial charge on any atom is -0.204 e. The van der Waals surface area contributed by atoms with Gasteiger partial charge in [-0.15, -0.1) is 29.1 Å². The van der Waals surface area contributed by atoms with Crippen molar-refractivity contribution in [3.63, 3.8) is 0 Å². The van der Waals surface area contributed by atoms with Crippen LogP contribution in [0.2, 0.25) is 0 Å². The number of hydrogen-bond acceptors (Lipinski definition) is 2. The summed E-state index contributed by atoms with van der Waals surface area (Å²) in [5.74, 6) is 0. The molecule has 0 aliphatic rings. The molecule has 2 aromatic carbocycles. The van der Waals surface area contributed by atoms with Gasteiger partial charge >= 0.3 is 0 Å². The summed E-state index contributed by atoms with van der Waals surface area (Å²) in [6.07, 6.45) is 1.76. The normalized spacial score (nSPS) is 10.2. The number of nitrogens with zero attached hydrogens (tertiary/aromatic N) is 3. The SMILES string of the molecule is Cn1ncc(-c2[c-]ccc3ccccc23)n1.[Pt]. The first-order chi connectivity index (χ1) is 7.84. The molecule has 0 bridgehead atoms. The van der Waals surface area contributed by atoms with Gasteiger partial charge in [0.05, 0.1) is 0 Å². The second-order valence-corrected chi connectivity index (χ2v) is 3.66. The van der Waals surface area contributed by atoms with E-state index in [1.807, 2.05) is 25.2 Å². The third-order valence-corrected chi connectivity index (χ3v) is 2.58. The van der Waals surface area contributed by atoms with Crippen molar-refractivity contribution in [3.05, 3.63) is 48.7 Å². The van der Waals surface area contributed by atoms with Crippen LogP contribution >= 0.6 is 0 Å². The van der Waals surface area contributed by atoms with Crippen molar-refractivity contribution in [2.75, 3.05) is 0 Å². The van der Waals surface area contributed by atoms with Crippen molar-refractivity contribution in [1.29, 1.82) is 0 Å². The number of aryl methyl sites for hydroxylation is 1. The van der Waals surface area contributed by atoms with Gasteiger partial charge in [0.15, 0.2) is 0 Å². The van der Waals surface area contributed by atoms with Crippen LogP contribution in [0.4, 0.5) is 0 Å². The Balaban J connectivity index is 0.00000108. The van der Waals surface area contributed by atoms with E-state index in [4.69, 9.17) is 0 Å². The first kappa shape index (κ1) is 12.0. The van der Waals surface area contributed by atoms with Crippen LogP contribution in [0.1, 0.15) is 0 Å². The Bertz CT molecular complexity index is 640. The Labute approximate surface area is 114 Å². The summed E-state index contributed by atoms with van der Waals surface area (Å²) in [6.45, 7) is 0. The largest absolute Gasteiger partial charge is 0.204 e. The first-order valence-corrected chi connectivity index (χ1v) is 5.11. The molecule has 3 nitrogen and oxygen atoms in total. The molecule has 1 aromatic heterocycles. The zero-order chi connectivity index (χ0) is 11.0. The molecule has 4 heteroatoms. The van der Waals surface area contributed by atoms with Crippen molar-refractivity contribution in [2.45, 2.75) is 0 Å². The van der Waals surface area contributed by atoms with Crippen molar-refractivity contribution in [3.8, 4) is 11.3 Å². The van der Waals surface area contributed by atoms with Gasteiger partial charge in [-0.05, 0) is 0 Å². The molecule has 88 valence electrons. The molecule has 0 N–H and O–H groups in total. The fraction of sp³-hybridized carbons (Fsp3) is 0.0769. The Morgan fingerprint density at radius 2 is 2.00 bits per heavy atom. The van der Waals surface area contributed by atoms with Crippen molar-refractivity contribution < 1.29 is 21.1 Å². The maximum atomic E-state index is 4.31. The molecule has 0 fully saturated rings. The molecule has 0 amide bonds. The Hall–Kier alpha value is -1.47. The topological polar surface area (TPSA) is 30.7 Å². The average molecular weight is 403 g/mol. The van der Waals surface area contributed by atoms with Gasteiger partial charge < -0.3 is 0 Å². The fourth-order valence-electron chi connectivity index (χ4n) is 1.83. The van der Waals surface area contributed by atoms with Gasteiger partial charge in [0.25, 0.3) is 0 Å².